The average molecular weight is 440 g/mol. The summed E-state index contributed by atoms with van der Waals surface area (Å²) in [7, 11) is 0. The van der Waals surface area contributed by atoms with Crippen molar-refractivity contribution in [1.29, 1.82) is 0 Å². The Hall–Kier alpha value is -3.50. The predicted molar refractivity (Wildman–Crippen MR) is 134 cm³/mol. The number of hydrogen-bond donors (Lipinski definition) is 1. The van der Waals surface area contributed by atoms with Gasteiger partial charge in [-0.3, -0.25) is 4.79 Å². The quantitative estimate of drug-likeness (QED) is 0.314. The van der Waals surface area contributed by atoms with Crippen molar-refractivity contribution >= 4 is 23.4 Å². The van der Waals surface area contributed by atoms with E-state index in [1.54, 1.807) is 11.8 Å². The molecule has 4 aromatic rings. The second-order valence-corrected chi connectivity index (χ2v) is 8.57. The summed E-state index contributed by atoms with van der Waals surface area (Å²) >= 11 is 1.61. The van der Waals surface area contributed by atoms with Crippen LogP contribution in [0.5, 0.6) is 11.5 Å². The number of nitrogens with one attached hydrogen (secondary N) is 1. The van der Waals surface area contributed by atoms with Gasteiger partial charge in [-0.25, -0.2) is 0 Å². The van der Waals surface area contributed by atoms with Gasteiger partial charge < -0.3 is 10.1 Å². The van der Waals surface area contributed by atoms with Crippen molar-refractivity contribution in [1.82, 2.24) is 0 Å². The minimum atomic E-state index is -0.0628. The van der Waals surface area contributed by atoms with Crippen LogP contribution in [0.4, 0.5) is 5.69 Å². The van der Waals surface area contributed by atoms with Crippen molar-refractivity contribution < 1.29 is 9.53 Å². The summed E-state index contributed by atoms with van der Waals surface area (Å²) in [6.07, 6.45) is 0. The molecule has 4 rings (SSSR count). The van der Waals surface area contributed by atoms with E-state index < -0.39 is 0 Å². The minimum absolute atomic E-state index is 0.0628. The summed E-state index contributed by atoms with van der Waals surface area (Å²) in [4.78, 5) is 12.9. The van der Waals surface area contributed by atoms with Gasteiger partial charge in [-0.05, 0) is 47.9 Å². The maximum atomic E-state index is 12.9. The van der Waals surface area contributed by atoms with Crippen LogP contribution in [0.2, 0.25) is 0 Å². The lowest BCUT2D eigenvalue weighted by molar-refractivity contribution is -0.113. The van der Waals surface area contributed by atoms with E-state index in [1.165, 1.54) is 11.1 Å². The molecule has 1 N–H and O–H groups in total. The molecule has 0 atom stereocenters. The van der Waals surface area contributed by atoms with Gasteiger partial charge in [-0.15, -0.1) is 11.8 Å². The Morgan fingerprint density at radius 1 is 0.812 bits per heavy atom. The van der Waals surface area contributed by atoms with Gasteiger partial charge in [-0.1, -0.05) is 84.9 Å². The van der Waals surface area contributed by atoms with Crippen molar-refractivity contribution in [2.75, 3.05) is 11.1 Å². The highest BCUT2D eigenvalue weighted by atomic mass is 32.2. The number of carbonyl (C=O) groups is 1. The third kappa shape index (κ3) is 5.80. The van der Waals surface area contributed by atoms with E-state index in [9.17, 15) is 4.79 Å². The van der Waals surface area contributed by atoms with Crippen LogP contribution in [0.3, 0.4) is 0 Å². The second-order valence-electron chi connectivity index (χ2n) is 7.48. The van der Waals surface area contributed by atoms with Crippen LogP contribution in [0.15, 0.2) is 109 Å². The smallest absolute Gasteiger partial charge is 0.234 e. The molecule has 0 aromatic heterocycles. The molecule has 160 valence electrons. The Morgan fingerprint density at radius 2 is 1.44 bits per heavy atom. The SMILES string of the molecule is Cc1cccc(Oc2ccccc2NC(=O)CSC(c2ccccc2)c2ccccc2)c1. The summed E-state index contributed by atoms with van der Waals surface area (Å²) in [5.74, 6) is 1.63. The molecule has 3 nitrogen and oxygen atoms in total. The van der Waals surface area contributed by atoms with Gasteiger partial charge in [0.15, 0.2) is 5.75 Å². The zero-order valence-corrected chi connectivity index (χ0v) is 18.7. The Kier molecular flexibility index (Phi) is 7.26. The van der Waals surface area contributed by atoms with Crippen LogP contribution in [0.25, 0.3) is 0 Å². The third-order valence-electron chi connectivity index (χ3n) is 4.96. The molecule has 0 aliphatic heterocycles. The number of hydrogen-bond acceptors (Lipinski definition) is 3. The topological polar surface area (TPSA) is 38.3 Å². The summed E-state index contributed by atoms with van der Waals surface area (Å²) < 4.78 is 6.03. The summed E-state index contributed by atoms with van der Waals surface area (Å²) in [6, 6.07) is 35.9. The predicted octanol–water partition coefficient (Wildman–Crippen LogP) is 7.25. The molecular weight excluding hydrogens is 414 g/mol. The van der Waals surface area contributed by atoms with Crippen LogP contribution >= 0.6 is 11.8 Å². The Bertz CT molecular complexity index is 1120. The monoisotopic (exact) mass is 439 g/mol. The molecule has 0 aliphatic carbocycles. The maximum absolute atomic E-state index is 12.9. The molecule has 0 aliphatic rings. The van der Waals surface area contributed by atoms with Gasteiger partial charge in [0.25, 0.3) is 0 Å². The van der Waals surface area contributed by atoms with Crippen LogP contribution in [0.1, 0.15) is 21.9 Å². The molecule has 32 heavy (non-hydrogen) atoms. The standard InChI is InChI=1S/C28H25NO2S/c1-21-11-10-16-24(19-21)31-26-18-9-8-17-25(26)29-27(30)20-32-28(22-12-4-2-5-13-22)23-14-6-3-7-15-23/h2-19,28H,20H2,1H3,(H,29,30). The zero-order chi connectivity index (χ0) is 22.2. The maximum Gasteiger partial charge on any atom is 0.234 e. The van der Waals surface area contributed by atoms with Gasteiger partial charge in [-0.2, -0.15) is 0 Å². The molecular formula is C28H25NO2S. The summed E-state index contributed by atoms with van der Waals surface area (Å²) in [5, 5.41) is 3.10. The van der Waals surface area contributed by atoms with Crippen molar-refractivity contribution in [3.63, 3.8) is 0 Å². The number of carbonyl (C=O) groups excluding carboxylic acids is 1. The fourth-order valence-corrected chi connectivity index (χ4v) is 4.54. The lowest BCUT2D eigenvalue weighted by Gasteiger charge is -2.18. The van der Waals surface area contributed by atoms with Crippen molar-refractivity contribution in [2.24, 2.45) is 0 Å². The van der Waals surface area contributed by atoms with Crippen LogP contribution in [-0.2, 0) is 4.79 Å². The summed E-state index contributed by atoms with van der Waals surface area (Å²) in [5.41, 5.74) is 4.14. The first-order valence-electron chi connectivity index (χ1n) is 10.5. The molecule has 0 spiro atoms. The fourth-order valence-electron chi connectivity index (χ4n) is 3.45. The molecule has 0 bridgehead atoms. The van der Waals surface area contributed by atoms with Crippen LogP contribution < -0.4 is 10.1 Å². The Balaban J connectivity index is 1.45. The molecule has 4 aromatic carbocycles. The van der Waals surface area contributed by atoms with E-state index in [4.69, 9.17) is 4.74 Å². The number of anilines is 1. The highest BCUT2D eigenvalue weighted by molar-refractivity contribution is 8.00. The number of ether oxygens (including phenoxy) is 1. The number of aryl methyl sites for hydroxylation is 1. The lowest BCUT2D eigenvalue weighted by Crippen LogP contribution is -2.15. The fraction of sp³-hybridized carbons (Fsp3) is 0.107. The van der Waals surface area contributed by atoms with E-state index in [0.717, 1.165) is 11.3 Å². The van der Waals surface area contributed by atoms with Gasteiger partial charge in [0.1, 0.15) is 5.75 Å². The molecule has 0 radical (unpaired) electrons. The lowest BCUT2D eigenvalue weighted by atomic mass is 10.0. The molecule has 1 amide bonds. The van der Waals surface area contributed by atoms with Gasteiger partial charge in [0.2, 0.25) is 5.91 Å². The second kappa shape index (κ2) is 10.7. The number of para-hydroxylation sites is 2. The van der Waals surface area contributed by atoms with Crippen LogP contribution in [-0.4, -0.2) is 11.7 Å². The first-order chi connectivity index (χ1) is 15.7. The minimum Gasteiger partial charge on any atom is -0.455 e. The highest BCUT2D eigenvalue weighted by Gasteiger charge is 2.17. The highest BCUT2D eigenvalue weighted by Crippen LogP contribution is 2.36. The number of amides is 1. The van der Waals surface area contributed by atoms with E-state index in [-0.39, 0.29) is 11.2 Å². The third-order valence-corrected chi connectivity index (χ3v) is 6.27. The van der Waals surface area contributed by atoms with Crippen molar-refractivity contribution in [3.8, 4) is 11.5 Å². The Labute approximate surface area is 193 Å². The van der Waals surface area contributed by atoms with Gasteiger partial charge in [0.05, 0.1) is 16.7 Å². The van der Waals surface area contributed by atoms with E-state index in [2.05, 4.69) is 29.6 Å². The molecule has 0 fully saturated rings. The van der Waals surface area contributed by atoms with Gasteiger partial charge in [0, 0.05) is 0 Å². The molecule has 0 saturated heterocycles. The van der Waals surface area contributed by atoms with Gasteiger partial charge >= 0.3 is 0 Å². The molecule has 0 saturated carbocycles. The molecule has 0 heterocycles. The Morgan fingerprint density at radius 3 is 2.09 bits per heavy atom. The number of thioether (sulfide) groups is 1. The summed E-state index contributed by atoms with van der Waals surface area (Å²) in [6.45, 7) is 2.02. The molecule has 0 unspecified atom stereocenters. The first kappa shape index (κ1) is 21.7. The van der Waals surface area contributed by atoms with Crippen LogP contribution in [0, 0.1) is 6.92 Å². The average Bonchev–Trinajstić information content (AvgIpc) is 2.82. The first-order valence-corrected chi connectivity index (χ1v) is 11.6. The largest absolute Gasteiger partial charge is 0.455 e. The molecule has 4 heteroatoms. The van der Waals surface area contributed by atoms with E-state index >= 15 is 0 Å². The number of rotatable bonds is 8. The zero-order valence-electron chi connectivity index (χ0n) is 17.9. The number of benzene rings is 4. The van der Waals surface area contributed by atoms with E-state index in [1.807, 2.05) is 91.9 Å². The van der Waals surface area contributed by atoms with Crippen molar-refractivity contribution in [2.45, 2.75) is 12.2 Å². The van der Waals surface area contributed by atoms with E-state index in [0.29, 0.717) is 17.2 Å². The van der Waals surface area contributed by atoms with Crippen molar-refractivity contribution in [3.05, 3.63) is 126 Å². The normalized spacial score (nSPS) is 10.7.